The first-order chi connectivity index (χ1) is 9.80. The predicted molar refractivity (Wildman–Crippen MR) is 78.7 cm³/mol. The predicted octanol–water partition coefficient (Wildman–Crippen LogP) is 0.623. The lowest BCUT2D eigenvalue weighted by Gasteiger charge is -2.09. The van der Waals surface area contributed by atoms with Gasteiger partial charge < -0.3 is 10.4 Å². The summed E-state index contributed by atoms with van der Waals surface area (Å²) in [5, 5.41) is 10.8. The maximum Gasteiger partial charge on any atom is 0.325 e. The number of carbonyl (C=O) groups is 2. The van der Waals surface area contributed by atoms with E-state index in [-0.39, 0.29) is 5.75 Å². The molecule has 0 aliphatic rings. The van der Waals surface area contributed by atoms with Gasteiger partial charge in [0.05, 0.1) is 5.75 Å². The number of amides is 1. The fourth-order valence-corrected chi connectivity index (χ4v) is 2.97. The lowest BCUT2D eigenvalue weighted by molar-refractivity contribution is -0.140. The molecule has 1 rings (SSSR count). The fraction of sp³-hybridized carbons (Fsp3) is 0.429. The third kappa shape index (κ3) is 6.89. The number of hydrogen-bond acceptors (Lipinski definition) is 4. The summed E-state index contributed by atoms with van der Waals surface area (Å²) < 4.78 is 23.5. The summed E-state index contributed by atoms with van der Waals surface area (Å²) in [6, 6.07) is 8.36. The zero-order valence-corrected chi connectivity index (χ0v) is 12.6. The lowest BCUT2D eigenvalue weighted by atomic mass is 10.1. The number of benzene rings is 1. The molecule has 0 bridgehead atoms. The summed E-state index contributed by atoms with van der Waals surface area (Å²) >= 11 is 0. The van der Waals surface area contributed by atoms with Gasteiger partial charge in [0.1, 0.15) is 11.8 Å². The van der Waals surface area contributed by atoms with Crippen LogP contribution in [0.4, 0.5) is 0 Å². The number of carbonyl (C=O) groups excluding carboxylic acids is 1. The summed E-state index contributed by atoms with van der Waals surface area (Å²) in [6.07, 6.45) is 1.04. The second-order valence-corrected chi connectivity index (χ2v) is 6.99. The highest BCUT2D eigenvalue weighted by Gasteiger charge is 2.20. The van der Waals surface area contributed by atoms with Gasteiger partial charge in [-0.1, -0.05) is 30.3 Å². The van der Waals surface area contributed by atoms with Crippen LogP contribution in [-0.2, 0) is 25.8 Å². The minimum atomic E-state index is -3.53. The number of hydrogen-bond donors (Lipinski definition) is 2. The van der Waals surface area contributed by atoms with Gasteiger partial charge in [-0.25, -0.2) is 8.42 Å². The lowest BCUT2D eigenvalue weighted by Crippen LogP contribution is -2.41. The second kappa shape index (κ2) is 7.78. The van der Waals surface area contributed by atoms with Gasteiger partial charge >= 0.3 is 5.97 Å². The van der Waals surface area contributed by atoms with Crippen LogP contribution in [0.5, 0.6) is 0 Å². The van der Waals surface area contributed by atoms with E-state index in [1.165, 1.54) is 6.92 Å². The van der Waals surface area contributed by atoms with Gasteiger partial charge in [0.15, 0.2) is 9.84 Å². The molecule has 0 saturated heterocycles. The highest BCUT2D eigenvalue weighted by Crippen LogP contribution is 2.04. The van der Waals surface area contributed by atoms with Crippen LogP contribution in [0.2, 0.25) is 0 Å². The molecule has 0 aliphatic heterocycles. The number of rotatable bonds is 8. The Morgan fingerprint density at radius 2 is 1.86 bits per heavy atom. The van der Waals surface area contributed by atoms with Crippen molar-refractivity contribution >= 4 is 21.7 Å². The van der Waals surface area contributed by atoms with E-state index in [0.29, 0.717) is 12.8 Å². The Morgan fingerprint density at radius 1 is 1.24 bits per heavy atom. The average Bonchev–Trinajstić information content (AvgIpc) is 2.38. The summed E-state index contributed by atoms with van der Waals surface area (Å²) in [5.74, 6) is -2.77. The maximum absolute atomic E-state index is 11.8. The van der Waals surface area contributed by atoms with Crippen LogP contribution in [0.3, 0.4) is 0 Å². The SMILES string of the molecule is C[C@@H](NC(=O)CS(=O)(=O)CCCc1ccccc1)C(=O)O. The van der Waals surface area contributed by atoms with Crippen LogP contribution in [0.1, 0.15) is 18.9 Å². The normalized spacial score (nSPS) is 12.6. The smallest absolute Gasteiger partial charge is 0.325 e. The van der Waals surface area contributed by atoms with Crippen molar-refractivity contribution in [1.29, 1.82) is 0 Å². The molecule has 6 nitrogen and oxygen atoms in total. The first kappa shape index (κ1) is 17.2. The van der Waals surface area contributed by atoms with Gasteiger partial charge in [0.2, 0.25) is 5.91 Å². The summed E-state index contributed by atoms with van der Waals surface area (Å²) in [6.45, 7) is 1.28. The molecule has 0 fully saturated rings. The minimum Gasteiger partial charge on any atom is -0.480 e. The molecule has 0 heterocycles. The van der Waals surface area contributed by atoms with E-state index in [0.717, 1.165) is 5.56 Å². The first-order valence-electron chi connectivity index (χ1n) is 6.57. The molecule has 0 spiro atoms. The topological polar surface area (TPSA) is 101 Å². The molecule has 116 valence electrons. The zero-order valence-electron chi connectivity index (χ0n) is 11.8. The van der Waals surface area contributed by atoms with Crippen LogP contribution in [0.25, 0.3) is 0 Å². The van der Waals surface area contributed by atoms with Crippen molar-refractivity contribution in [3.8, 4) is 0 Å². The Kier molecular flexibility index (Phi) is 6.36. The summed E-state index contributed by atoms with van der Waals surface area (Å²) in [5.41, 5.74) is 1.04. The fourth-order valence-electron chi connectivity index (χ4n) is 1.76. The number of carboxylic acids is 1. The molecule has 2 N–H and O–H groups in total. The van der Waals surface area contributed by atoms with E-state index in [1.54, 1.807) is 0 Å². The molecule has 1 amide bonds. The summed E-state index contributed by atoms with van der Waals surface area (Å²) in [7, 11) is -3.53. The molecular formula is C14H19NO5S. The standard InChI is InChI=1S/C14H19NO5S/c1-11(14(17)18)15-13(16)10-21(19,20)9-5-8-12-6-3-2-4-7-12/h2-4,6-7,11H,5,8-10H2,1H3,(H,15,16)(H,17,18)/t11-/m1/s1. The van der Waals surface area contributed by atoms with E-state index < -0.39 is 33.5 Å². The van der Waals surface area contributed by atoms with E-state index in [1.807, 2.05) is 30.3 Å². The molecule has 0 aliphatic carbocycles. The first-order valence-corrected chi connectivity index (χ1v) is 8.39. The Morgan fingerprint density at radius 3 is 2.43 bits per heavy atom. The monoisotopic (exact) mass is 313 g/mol. The molecule has 7 heteroatoms. The van der Waals surface area contributed by atoms with Crippen molar-refractivity contribution in [2.75, 3.05) is 11.5 Å². The average molecular weight is 313 g/mol. The number of sulfone groups is 1. The van der Waals surface area contributed by atoms with Crippen molar-refractivity contribution in [3.05, 3.63) is 35.9 Å². The molecule has 1 atom stereocenters. The van der Waals surface area contributed by atoms with Crippen LogP contribution in [-0.4, -0.2) is 42.9 Å². The van der Waals surface area contributed by atoms with E-state index >= 15 is 0 Å². The van der Waals surface area contributed by atoms with Gasteiger partial charge in [-0.05, 0) is 25.3 Å². The molecule has 21 heavy (non-hydrogen) atoms. The summed E-state index contributed by atoms with van der Waals surface area (Å²) in [4.78, 5) is 22.0. The molecule has 0 unspecified atom stereocenters. The Hall–Kier alpha value is -1.89. The molecule has 0 saturated carbocycles. The third-order valence-electron chi connectivity index (χ3n) is 2.86. The van der Waals surface area contributed by atoms with Gasteiger partial charge in [0, 0.05) is 0 Å². The van der Waals surface area contributed by atoms with E-state index in [4.69, 9.17) is 5.11 Å². The Labute approximate surface area is 124 Å². The van der Waals surface area contributed by atoms with Crippen LogP contribution in [0, 0.1) is 0 Å². The number of carboxylic acid groups (broad SMARTS) is 1. The van der Waals surface area contributed by atoms with Gasteiger partial charge in [0.25, 0.3) is 0 Å². The Balaban J connectivity index is 2.40. The molecule has 0 radical (unpaired) electrons. The quantitative estimate of drug-likeness (QED) is 0.733. The largest absolute Gasteiger partial charge is 0.480 e. The van der Waals surface area contributed by atoms with Crippen LogP contribution >= 0.6 is 0 Å². The zero-order chi connectivity index (χ0) is 15.9. The molecule has 1 aromatic rings. The van der Waals surface area contributed by atoms with Gasteiger partial charge in [-0.3, -0.25) is 9.59 Å². The molecule has 1 aromatic carbocycles. The van der Waals surface area contributed by atoms with Gasteiger partial charge in [-0.15, -0.1) is 0 Å². The number of nitrogens with one attached hydrogen (secondary N) is 1. The van der Waals surface area contributed by atoms with Crippen molar-refractivity contribution in [3.63, 3.8) is 0 Å². The van der Waals surface area contributed by atoms with Crippen molar-refractivity contribution in [1.82, 2.24) is 5.32 Å². The van der Waals surface area contributed by atoms with Crippen LogP contribution < -0.4 is 5.32 Å². The van der Waals surface area contributed by atoms with Crippen molar-refractivity contribution in [2.24, 2.45) is 0 Å². The number of aryl methyl sites for hydroxylation is 1. The maximum atomic E-state index is 11.8. The van der Waals surface area contributed by atoms with Crippen molar-refractivity contribution < 1.29 is 23.1 Å². The van der Waals surface area contributed by atoms with E-state index in [2.05, 4.69) is 5.32 Å². The molecular weight excluding hydrogens is 294 g/mol. The van der Waals surface area contributed by atoms with Crippen molar-refractivity contribution in [2.45, 2.75) is 25.8 Å². The molecule has 0 aromatic heterocycles. The highest BCUT2D eigenvalue weighted by molar-refractivity contribution is 7.92. The Bertz CT molecular complexity index is 583. The minimum absolute atomic E-state index is 0.100. The van der Waals surface area contributed by atoms with Crippen LogP contribution in [0.15, 0.2) is 30.3 Å². The highest BCUT2D eigenvalue weighted by atomic mass is 32.2. The second-order valence-electron chi connectivity index (χ2n) is 4.81. The van der Waals surface area contributed by atoms with Gasteiger partial charge in [-0.2, -0.15) is 0 Å². The third-order valence-corrected chi connectivity index (χ3v) is 4.48. The number of aliphatic carboxylic acids is 1. The van der Waals surface area contributed by atoms with E-state index in [9.17, 15) is 18.0 Å².